The molecule has 0 spiro atoms. The zero-order chi connectivity index (χ0) is 11.8. The first-order valence-corrected chi connectivity index (χ1v) is 6.00. The molecule has 92 valence electrons. The van der Waals surface area contributed by atoms with Crippen LogP contribution in [0.4, 0.5) is 0 Å². The zero-order valence-corrected chi connectivity index (χ0v) is 9.91. The minimum absolute atomic E-state index is 0.121. The fourth-order valence-electron chi connectivity index (χ4n) is 1.78. The van der Waals surface area contributed by atoms with Crippen LogP contribution in [0.25, 0.3) is 0 Å². The molecule has 0 saturated heterocycles. The molecule has 0 aliphatic heterocycles. The molecule has 16 heavy (non-hydrogen) atoms. The van der Waals surface area contributed by atoms with Crippen LogP contribution in [0, 0.1) is 5.92 Å². The molecule has 2 atom stereocenters. The van der Waals surface area contributed by atoms with Crippen LogP contribution in [0.2, 0.25) is 0 Å². The minimum atomic E-state index is -0.334. The molecular formula is C12H22N2O2. The highest BCUT2D eigenvalue weighted by atomic mass is 16.3. The van der Waals surface area contributed by atoms with Gasteiger partial charge < -0.3 is 15.7 Å². The van der Waals surface area contributed by atoms with E-state index < -0.39 is 0 Å². The molecule has 0 bridgehead atoms. The molecule has 1 aliphatic carbocycles. The van der Waals surface area contributed by atoms with Crippen molar-refractivity contribution in [2.24, 2.45) is 5.92 Å². The van der Waals surface area contributed by atoms with Gasteiger partial charge in [-0.15, -0.1) is 0 Å². The summed E-state index contributed by atoms with van der Waals surface area (Å²) in [4.78, 5) is 11.5. The third-order valence-electron chi connectivity index (χ3n) is 2.62. The summed E-state index contributed by atoms with van der Waals surface area (Å²) < 4.78 is 0. The molecule has 1 aliphatic rings. The molecule has 4 heteroatoms. The third-order valence-corrected chi connectivity index (χ3v) is 2.62. The smallest absolute Gasteiger partial charge is 0.220 e. The van der Waals surface area contributed by atoms with Crippen molar-refractivity contribution in [3.63, 3.8) is 0 Å². The molecule has 0 aromatic rings. The van der Waals surface area contributed by atoms with E-state index >= 15 is 0 Å². The summed E-state index contributed by atoms with van der Waals surface area (Å²) in [5, 5.41) is 14.9. The van der Waals surface area contributed by atoms with Crippen LogP contribution >= 0.6 is 0 Å². The van der Waals surface area contributed by atoms with Gasteiger partial charge in [-0.3, -0.25) is 4.79 Å². The first-order valence-electron chi connectivity index (χ1n) is 6.00. The first kappa shape index (κ1) is 13.2. The number of aliphatic hydroxyl groups excluding tert-OH is 1. The van der Waals surface area contributed by atoms with Crippen LogP contribution in [0.5, 0.6) is 0 Å². The van der Waals surface area contributed by atoms with Gasteiger partial charge in [-0.2, -0.15) is 0 Å². The van der Waals surface area contributed by atoms with Gasteiger partial charge in [0, 0.05) is 26.1 Å². The largest absolute Gasteiger partial charge is 0.392 e. The highest BCUT2D eigenvalue weighted by molar-refractivity contribution is 5.76. The van der Waals surface area contributed by atoms with Crippen molar-refractivity contribution in [2.45, 2.75) is 32.3 Å². The maximum Gasteiger partial charge on any atom is 0.220 e. The van der Waals surface area contributed by atoms with E-state index in [2.05, 4.69) is 22.8 Å². The lowest BCUT2D eigenvalue weighted by molar-refractivity contribution is -0.121. The van der Waals surface area contributed by atoms with Crippen LogP contribution < -0.4 is 10.6 Å². The number of aliphatic hydroxyl groups is 1. The lowest BCUT2D eigenvalue weighted by Gasteiger charge is -2.10. The number of nitrogens with one attached hydrogen (secondary N) is 2. The average molecular weight is 226 g/mol. The van der Waals surface area contributed by atoms with Crippen LogP contribution in [0.3, 0.4) is 0 Å². The summed E-state index contributed by atoms with van der Waals surface area (Å²) in [7, 11) is 0. The van der Waals surface area contributed by atoms with E-state index in [1.165, 1.54) is 0 Å². The highest BCUT2D eigenvalue weighted by Crippen LogP contribution is 2.19. The van der Waals surface area contributed by atoms with Gasteiger partial charge in [0.15, 0.2) is 0 Å². The molecule has 4 nitrogen and oxygen atoms in total. The van der Waals surface area contributed by atoms with Gasteiger partial charge in [-0.1, -0.05) is 12.2 Å². The lowest BCUT2D eigenvalue weighted by atomic mass is 10.1. The second-order valence-electron chi connectivity index (χ2n) is 4.37. The van der Waals surface area contributed by atoms with Crippen molar-refractivity contribution < 1.29 is 9.90 Å². The van der Waals surface area contributed by atoms with Crippen molar-refractivity contribution in [1.29, 1.82) is 0 Å². The van der Waals surface area contributed by atoms with Crippen LogP contribution in [-0.4, -0.2) is 36.8 Å². The molecule has 0 saturated carbocycles. The summed E-state index contributed by atoms with van der Waals surface area (Å²) >= 11 is 0. The number of carbonyl (C=O) groups excluding carboxylic acids is 1. The second kappa shape index (κ2) is 7.41. The quantitative estimate of drug-likeness (QED) is 0.436. The fraction of sp³-hybridized carbons (Fsp3) is 0.750. The van der Waals surface area contributed by atoms with Gasteiger partial charge in [0.05, 0.1) is 6.10 Å². The third kappa shape index (κ3) is 5.88. The number of carbonyl (C=O) groups is 1. The second-order valence-corrected chi connectivity index (χ2v) is 4.37. The SMILES string of the molecule is CC(O)CNCCNC(=O)CC1C=CCC1. The normalized spacial score (nSPS) is 21.0. The summed E-state index contributed by atoms with van der Waals surface area (Å²) in [5.74, 6) is 0.556. The first-order chi connectivity index (χ1) is 7.68. The summed E-state index contributed by atoms with van der Waals surface area (Å²) in [6.45, 7) is 3.64. The van der Waals surface area contributed by atoms with E-state index in [1.54, 1.807) is 6.92 Å². The predicted molar refractivity (Wildman–Crippen MR) is 64.0 cm³/mol. The molecule has 0 aromatic heterocycles. The Morgan fingerprint density at radius 2 is 2.38 bits per heavy atom. The van der Waals surface area contributed by atoms with E-state index in [4.69, 9.17) is 5.11 Å². The van der Waals surface area contributed by atoms with Crippen LogP contribution in [0.1, 0.15) is 26.2 Å². The Hall–Kier alpha value is -0.870. The Balaban J connectivity index is 1.95. The number of hydrogen-bond acceptors (Lipinski definition) is 3. The Morgan fingerprint density at radius 3 is 3.00 bits per heavy atom. The van der Waals surface area contributed by atoms with Gasteiger partial charge in [0.25, 0.3) is 0 Å². The molecular weight excluding hydrogens is 204 g/mol. The minimum Gasteiger partial charge on any atom is -0.392 e. The number of hydrogen-bond donors (Lipinski definition) is 3. The Kier molecular flexibility index (Phi) is 6.11. The molecule has 0 aromatic carbocycles. The van der Waals surface area contributed by atoms with E-state index in [0.29, 0.717) is 32.0 Å². The molecule has 0 fully saturated rings. The zero-order valence-electron chi connectivity index (χ0n) is 9.91. The van der Waals surface area contributed by atoms with E-state index in [0.717, 1.165) is 12.8 Å². The van der Waals surface area contributed by atoms with Gasteiger partial charge in [0.1, 0.15) is 0 Å². The molecule has 2 unspecified atom stereocenters. The molecule has 0 radical (unpaired) electrons. The Morgan fingerprint density at radius 1 is 1.56 bits per heavy atom. The number of amides is 1. The van der Waals surface area contributed by atoms with Gasteiger partial charge in [0.2, 0.25) is 5.91 Å². The Bertz CT molecular complexity index is 239. The van der Waals surface area contributed by atoms with E-state index in [9.17, 15) is 4.79 Å². The van der Waals surface area contributed by atoms with Gasteiger partial charge >= 0.3 is 0 Å². The standard InChI is InChI=1S/C12H22N2O2/c1-10(15)9-13-6-7-14-12(16)8-11-4-2-3-5-11/h2,4,10-11,13,15H,3,5-9H2,1H3,(H,14,16). The van der Waals surface area contributed by atoms with Crippen molar-refractivity contribution in [1.82, 2.24) is 10.6 Å². The summed E-state index contributed by atoms with van der Waals surface area (Å²) in [6.07, 6.45) is 6.75. The van der Waals surface area contributed by atoms with Crippen LogP contribution in [-0.2, 0) is 4.79 Å². The maximum atomic E-state index is 11.5. The lowest BCUT2D eigenvalue weighted by Crippen LogP contribution is -2.34. The summed E-state index contributed by atoms with van der Waals surface area (Å²) in [5.41, 5.74) is 0. The van der Waals surface area contributed by atoms with Gasteiger partial charge in [-0.25, -0.2) is 0 Å². The highest BCUT2D eigenvalue weighted by Gasteiger charge is 2.13. The number of allylic oxidation sites excluding steroid dienone is 2. The van der Waals surface area contributed by atoms with Crippen molar-refractivity contribution >= 4 is 5.91 Å². The summed E-state index contributed by atoms with van der Waals surface area (Å²) in [6, 6.07) is 0. The Labute approximate surface area is 97.1 Å². The maximum absolute atomic E-state index is 11.5. The number of rotatable bonds is 7. The van der Waals surface area contributed by atoms with Crippen molar-refractivity contribution in [3.05, 3.63) is 12.2 Å². The van der Waals surface area contributed by atoms with Gasteiger partial charge in [-0.05, 0) is 25.7 Å². The fourth-order valence-corrected chi connectivity index (χ4v) is 1.78. The van der Waals surface area contributed by atoms with E-state index in [1.807, 2.05) is 0 Å². The molecule has 1 amide bonds. The topological polar surface area (TPSA) is 61.4 Å². The molecule has 0 heterocycles. The predicted octanol–water partition coefficient (Wildman–Crippen LogP) is 0.429. The van der Waals surface area contributed by atoms with E-state index in [-0.39, 0.29) is 12.0 Å². The van der Waals surface area contributed by atoms with Crippen molar-refractivity contribution in [3.8, 4) is 0 Å². The molecule has 3 N–H and O–H groups in total. The van der Waals surface area contributed by atoms with Crippen LogP contribution in [0.15, 0.2) is 12.2 Å². The monoisotopic (exact) mass is 226 g/mol. The van der Waals surface area contributed by atoms with Crippen molar-refractivity contribution in [2.75, 3.05) is 19.6 Å². The molecule has 1 rings (SSSR count). The average Bonchev–Trinajstić information content (AvgIpc) is 2.69.